The molecule has 27 heavy (non-hydrogen) atoms. The predicted octanol–water partition coefficient (Wildman–Crippen LogP) is 3.44. The normalized spacial score (nSPS) is 11.8. The summed E-state index contributed by atoms with van der Waals surface area (Å²) in [6.07, 6.45) is 2.16. The van der Waals surface area contributed by atoms with E-state index in [0.29, 0.717) is 26.1 Å². The highest BCUT2D eigenvalue weighted by molar-refractivity contribution is 8.02. The fraction of sp³-hybridized carbons (Fsp3) is 0.789. The van der Waals surface area contributed by atoms with Crippen molar-refractivity contribution in [3.05, 3.63) is 0 Å². The number of carbonyl (C=O) groups is 4. The van der Waals surface area contributed by atoms with Crippen LogP contribution < -0.4 is 0 Å². The Kier molecular flexibility index (Phi) is 12.0. The molecule has 0 aromatic rings. The Bertz CT molecular complexity index is 482. The lowest BCUT2D eigenvalue weighted by atomic mass is 10.1. The van der Waals surface area contributed by atoms with Crippen LogP contribution >= 0.6 is 23.5 Å². The molecule has 0 unspecified atom stereocenters. The molecule has 8 heteroatoms. The van der Waals surface area contributed by atoms with Gasteiger partial charge in [-0.2, -0.15) is 0 Å². The lowest BCUT2D eigenvalue weighted by Gasteiger charge is -2.19. The van der Waals surface area contributed by atoms with Crippen molar-refractivity contribution in [1.82, 2.24) is 0 Å². The van der Waals surface area contributed by atoms with E-state index in [1.807, 2.05) is 0 Å². The third kappa shape index (κ3) is 12.1. The third-order valence-corrected chi connectivity index (χ3v) is 6.89. The van der Waals surface area contributed by atoms with Crippen LogP contribution in [0.2, 0.25) is 0 Å². The van der Waals surface area contributed by atoms with E-state index in [1.165, 1.54) is 37.4 Å². The van der Waals surface area contributed by atoms with Crippen molar-refractivity contribution in [2.75, 3.05) is 24.7 Å². The van der Waals surface area contributed by atoms with Crippen LogP contribution in [0.4, 0.5) is 0 Å². The highest BCUT2D eigenvalue weighted by Gasteiger charge is 2.26. The maximum absolute atomic E-state index is 11.6. The number of carbonyl (C=O) groups excluding carboxylic acids is 4. The van der Waals surface area contributed by atoms with Gasteiger partial charge in [0.25, 0.3) is 0 Å². The Morgan fingerprint density at radius 2 is 1.00 bits per heavy atom. The molecule has 156 valence electrons. The molecule has 0 N–H and O–H groups in total. The van der Waals surface area contributed by atoms with Gasteiger partial charge in [0.1, 0.15) is 11.6 Å². The monoisotopic (exact) mass is 420 g/mol. The van der Waals surface area contributed by atoms with Gasteiger partial charge in [-0.25, -0.2) is 0 Å². The van der Waals surface area contributed by atoms with E-state index < -0.39 is 9.49 Å². The van der Waals surface area contributed by atoms with Crippen molar-refractivity contribution >= 4 is 47.0 Å². The third-order valence-electron chi connectivity index (χ3n) is 4.11. The van der Waals surface area contributed by atoms with Crippen molar-refractivity contribution in [2.45, 2.75) is 70.3 Å². The van der Waals surface area contributed by atoms with E-state index in [0.717, 1.165) is 6.42 Å². The molecular weight excluding hydrogens is 388 g/mol. The molecule has 0 fully saturated rings. The summed E-state index contributed by atoms with van der Waals surface area (Å²) in [5.74, 6) is -0.301. The molecule has 0 aromatic carbocycles. The number of hydrogen-bond acceptors (Lipinski definition) is 8. The number of unbranched alkanes of at least 4 members (excludes halogenated alkanes) is 2. The first-order chi connectivity index (χ1) is 12.4. The smallest absolute Gasteiger partial charge is 0.315 e. The van der Waals surface area contributed by atoms with E-state index in [9.17, 15) is 19.2 Å². The molecule has 0 radical (unpaired) electrons. The van der Waals surface area contributed by atoms with E-state index in [1.54, 1.807) is 27.7 Å². The number of esters is 2. The summed E-state index contributed by atoms with van der Waals surface area (Å²) < 4.78 is 9.09. The van der Waals surface area contributed by atoms with Gasteiger partial charge >= 0.3 is 11.9 Å². The van der Waals surface area contributed by atoms with E-state index >= 15 is 0 Å². The summed E-state index contributed by atoms with van der Waals surface area (Å²) in [7, 11) is 0. The highest BCUT2D eigenvalue weighted by atomic mass is 32.2. The molecule has 0 aliphatic carbocycles. The molecule has 0 aliphatic rings. The van der Waals surface area contributed by atoms with E-state index in [4.69, 9.17) is 9.47 Å². The number of rotatable bonds is 14. The highest BCUT2D eigenvalue weighted by Crippen LogP contribution is 2.26. The van der Waals surface area contributed by atoms with E-state index in [2.05, 4.69) is 0 Å². The van der Waals surface area contributed by atoms with Gasteiger partial charge in [0.2, 0.25) is 0 Å². The molecule has 0 spiro atoms. The van der Waals surface area contributed by atoms with Gasteiger partial charge in [0.15, 0.2) is 0 Å². The van der Waals surface area contributed by atoms with Gasteiger partial charge in [-0.1, -0.05) is 0 Å². The maximum atomic E-state index is 11.6. The zero-order chi connectivity index (χ0) is 21.1. The SMILES string of the molecule is CC(=O)C(C)(C)SCC(=O)OCCCCCOC(=O)CSC(C)(C)C(C)=O. The van der Waals surface area contributed by atoms with Crippen LogP contribution in [-0.4, -0.2) is 57.7 Å². The summed E-state index contributed by atoms with van der Waals surface area (Å²) in [5, 5.41) is 0. The molecule has 0 aromatic heterocycles. The minimum absolute atomic E-state index is 0.0260. The van der Waals surface area contributed by atoms with Crippen LogP contribution in [0.15, 0.2) is 0 Å². The van der Waals surface area contributed by atoms with Crippen LogP contribution in [0.25, 0.3) is 0 Å². The van der Waals surface area contributed by atoms with Gasteiger partial charge in [0.05, 0.1) is 34.2 Å². The Morgan fingerprint density at radius 1 is 0.667 bits per heavy atom. The number of ether oxygens (including phenoxy) is 2. The molecule has 0 bridgehead atoms. The zero-order valence-electron chi connectivity index (χ0n) is 17.2. The van der Waals surface area contributed by atoms with Gasteiger partial charge < -0.3 is 9.47 Å². The maximum Gasteiger partial charge on any atom is 0.315 e. The van der Waals surface area contributed by atoms with Gasteiger partial charge in [-0.05, 0) is 60.8 Å². The van der Waals surface area contributed by atoms with Crippen LogP contribution in [0.5, 0.6) is 0 Å². The molecular formula is C19H32O6S2. The van der Waals surface area contributed by atoms with Gasteiger partial charge in [-0.15, -0.1) is 23.5 Å². The predicted molar refractivity (Wildman–Crippen MR) is 110 cm³/mol. The average Bonchev–Trinajstić information content (AvgIpc) is 2.57. The van der Waals surface area contributed by atoms with Crippen molar-refractivity contribution < 1.29 is 28.7 Å². The Hall–Kier alpha value is -1.02. The van der Waals surface area contributed by atoms with Gasteiger partial charge in [0, 0.05) is 0 Å². The molecule has 0 rings (SSSR count). The minimum atomic E-state index is -0.583. The van der Waals surface area contributed by atoms with Crippen molar-refractivity contribution in [2.24, 2.45) is 0 Å². The molecule has 0 atom stereocenters. The second-order valence-corrected chi connectivity index (χ2v) is 10.4. The fourth-order valence-electron chi connectivity index (χ4n) is 1.52. The Labute approximate surface area is 170 Å². The summed E-state index contributed by atoms with van der Waals surface area (Å²) in [5.41, 5.74) is 0. The fourth-order valence-corrected chi connectivity index (χ4v) is 3.05. The molecule has 0 saturated carbocycles. The lowest BCUT2D eigenvalue weighted by molar-refractivity contribution is -0.140. The first kappa shape index (κ1) is 26.0. The zero-order valence-corrected chi connectivity index (χ0v) is 18.8. The summed E-state index contributed by atoms with van der Waals surface area (Å²) in [4.78, 5) is 46.0. The second kappa shape index (κ2) is 12.4. The first-order valence-electron chi connectivity index (χ1n) is 8.99. The number of Topliss-reactive ketones (excluding diaryl/α,β-unsaturated/α-hetero) is 2. The quantitative estimate of drug-likeness (QED) is 0.312. The summed E-state index contributed by atoms with van der Waals surface area (Å²) in [6, 6.07) is 0. The first-order valence-corrected chi connectivity index (χ1v) is 11.0. The summed E-state index contributed by atoms with van der Waals surface area (Å²) in [6.45, 7) is 10.8. The topological polar surface area (TPSA) is 86.7 Å². The molecule has 0 amide bonds. The van der Waals surface area contributed by atoms with Crippen LogP contribution in [0, 0.1) is 0 Å². The van der Waals surface area contributed by atoms with Gasteiger partial charge in [-0.3, -0.25) is 19.2 Å². The summed E-state index contributed by atoms with van der Waals surface area (Å²) >= 11 is 2.55. The Balaban J connectivity index is 3.70. The number of ketones is 2. The van der Waals surface area contributed by atoms with Crippen LogP contribution in [-0.2, 0) is 28.7 Å². The lowest BCUT2D eigenvalue weighted by Crippen LogP contribution is -2.27. The molecule has 0 saturated heterocycles. The largest absolute Gasteiger partial charge is 0.465 e. The van der Waals surface area contributed by atoms with Crippen LogP contribution in [0.3, 0.4) is 0 Å². The van der Waals surface area contributed by atoms with Crippen LogP contribution in [0.1, 0.15) is 60.8 Å². The van der Waals surface area contributed by atoms with Crippen molar-refractivity contribution in [3.8, 4) is 0 Å². The van der Waals surface area contributed by atoms with E-state index in [-0.39, 0.29) is 35.0 Å². The minimum Gasteiger partial charge on any atom is -0.465 e. The van der Waals surface area contributed by atoms with Crippen molar-refractivity contribution in [3.63, 3.8) is 0 Å². The molecule has 0 aliphatic heterocycles. The standard InChI is InChI=1S/C19H32O6S2/c1-14(20)18(3,4)26-12-16(22)24-10-8-7-9-11-25-17(23)13-27-19(5,6)15(2)21/h7-13H2,1-6H3. The Morgan fingerprint density at radius 3 is 1.30 bits per heavy atom. The number of thioether (sulfide) groups is 2. The molecule has 6 nitrogen and oxygen atoms in total. The average molecular weight is 421 g/mol. The number of hydrogen-bond donors (Lipinski definition) is 0. The second-order valence-electron chi connectivity index (χ2n) is 7.21. The molecule has 0 heterocycles. The van der Waals surface area contributed by atoms with Crippen molar-refractivity contribution in [1.29, 1.82) is 0 Å².